The van der Waals surface area contributed by atoms with Gasteiger partial charge in [0, 0.05) is 0 Å². The van der Waals surface area contributed by atoms with Gasteiger partial charge in [0.15, 0.2) is 5.85 Å². The molecule has 28 heavy (non-hydrogen) atoms. The van der Waals surface area contributed by atoms with Crippen molar-refractivity contribution in [2.45, 2.75) is 57.6 Å². The van der Waals surface area contributed by atoms with Crippen molar-refractivity contribution in [1.82, 2.24) is 0 Å². The molecule has 0 fully saturated rings. The lowest BCUT2D eigenvalue weighted by Crippen LogP contribution is -2.23. The van der Waals surface area contributed by atoms with E-state index >= 15 is 0 Å². The highest BCUT2D eigenvalue weighted by Crippen LogP contribution is 2.45. The molecule has 154 valence electrons. The summed E-state index contributed by atoms with van der Waals surface area (Å²) in [4.78, 5) is 19.1. The Kier molecular flexibility index (Phi) is 8.67. The molecule has 0 radical (unpaired) electrons. The predicted octanol–water partition coefficient (Wildman–Crippen LogP) is 4.48. The van der Waals surface area contributed by atoms with Crippen LogP contribution in [0.2, 0.25) is 0 Å². The van der Waals surface area contributed by atoms with Crippen molar-refractivity contribution in [3.05, 3.63) is 60.2 Å². The van der Waals surface area contributed by atoms with Gasteiger partial charge in [0.25, 0.3) is 0 Å². The van der Waals surface area contributed by atoms with Crippen molar-refractivity contribution in [3.63, 3.8) is 0 Å². The number of para-hydroxylation sites is 1. The summed E-state index contributed by atoms with van der Waals surface area (Å²) in [7, 11) is -4.38. The molecule has 2 aromatic carbocycles. The molecular weight excluding hydrogens is 379 g/mol. The summed E-state index contributed by atoms with van der Waals surface area (Å²) in [6, 6.07) is 17.1. The number of aliphatic hydroxyl groups excluding tert-OH is 1. The smallest absolute Gasteiger partial charge is 0.354 e. The van der Waals surface area contributed by atoms with Gasteiger partial charge in [0.05, 0.1) is 12.2 Å². The monoisotopic (exact) mass is 408 g/mol. The first kappa shape index (κ1) is 22.6. The Morgan fingerprint density at radius 3 is 2.32 bits per heavy atom. The van der Waals surface area contributed by atoms with Crippen molar-refractivity contribution in [2.24, 2.45) is 0 Å². The molecule has 6 nitrogen and oxygen atoms in total. The van der Waals surface area contributed by atoms with E-state index in [9.17, 15) is 19.5 Å². The van der Waals surface area contributed by atoms with Gasteiger partial charge >= 0.3 is 7.60 Å². The van der Waals surface area contributed by atoms with E-state index in [1.807, 2.05) is 54.6 Å². The van der Waals surface area contributed by atoms with Crippen LogP contribution in [0.3, 0.4) is 0 Å². The maximum absolute atomic E-state index is 11.7. The summed E-state index contributed by atoms with van der Waals surface area (Å²) in [6.45, 7) is 3.33. The summed E-state index contributed by atoms with van der Waals surface area (Å²) in [5.41, 5.74) is 1.02. The molecule has 0 heterocycles. The average Bonchev–Trinajstić information content (AvgIpc) is 2.60. The second-order valence-corrected chi connectivity index (χ2v) is 8.78. The fourth-order valence-electron chi connectivity index (χ4n) is 2.99. The molecule has 0 aliphatic carbocycles. The SMILES string of the molecule is CC(O)CC(C)O[C@@H](CCCc1cccc(Oc2ccccc2)c1)P(=O)(O)O. The molecule has 0 bridgehead atoms. The summed E-state index contributed by atoms with van der Waals surface area (Å²) >= 11 is 0. The van der Waals surface area contributed by atoms with E-state index in [0.29, 0.717) is 19.3 Å². The number of hydrogen-bond donors (Lipinski definition) is 3. The normalized spacial score (nSPS) is 15.0. The average molecular weight is 408 g/mol. The van der Waals surface area contributed by atoms with E-state index in [1.54, 1.807) is 13.8 Å². The lowest BCUT2D eigenvalue weighted by Gasteiger charge is -2.24. The maximum atomic E-state index is 11.7. The Morgan fingerprint density at radius 1 is 1.00 bits per heavy atom. The number of rotatable bonds is 11. The highest BCUT2D eigenvalue weighted by atomic mass is 31.2. The van der Waals surface area contributed by atoms with Crippen LogP contribution in [0.15, 0.2) is 54.6 Å². The minimum Gasteiger partial charge on any atom is -0.457 e. The van der Waals surface area contributed by atoms with Gasteiger partial charge in [-0.1, -0.05) is 30.3 Å². The lowest BCUT2D eigenvalue weighted by atomic mass is 10.1. The highest BCUT2D eigenvalue weighted by Gasteiger charge is 2.31. The molecule has 2 aromatic rings. The van der Waals surface area contributed by atoms with Crippen LogP contribution in [0.4, 0.5) is 0 Å². The second-order valence-electron chi connectivity index (χ2n) is 7.03. The third kappa shape index (κ3) is 8.13. The molecule has 0 aliphatic heterocycles. The van der Waals surface area contributed by atoms with Crippen molar-refractivity contribution in [3.8, 4) is 11.5 Å². The molecule has 0 saturated heterocycles. The Morgan fingerprint density at radius 2 is 1.68 bits per heavy atom. The van der Waals surface area contributed by atoms with Gasteiger partial charge < -0.3 is 24.4 Å². The largest absolute Gasteiger partial charge is 0.457 e. The molecule has 3 N–H and O–H groups in total. The van der Waals surface area contributed by atoms with Gasteiger partial charge in [-0.15, -0.1) is 0 Å². The molecule has 0 aliphatic rings. The van der Waals surface area contributed by atoms with E-state index in [2.05, 4.69) is 0 Å². The van der Waals surface area contributed by atoms with Crippen molar-refractivity contribution in [2.75, 3.05) is 0 Å². The van der Waals surface area contributed by atoms with Crippen LogP contribution in [0.25, 0.3) is 0 Å². The molecular formula is C21H29O6P. The highest BCUT2D eigenvalue weighted by molar-refractivity contribution is 7.52. The Hall–Kier alpha value is -1.69. The van der Waals surface area contributed by atoms with Crippen molar-refractivity contribution < 1.29 is 28.9 Å². The number of aliphatic hydroxyl groups is 1. The first-order valence-electron chi connectivity index (χ1n) is 9.44. The molecule has 0 saturated carbocycles. The topological polar surface area (TPSA) is 96.2 Å². The molecule has 2 rings (SSSR count). The fourth-order valence-corrected chi connectivity index (χ4v) is 3.87. The van der Waals surface area contributed by atoms with Crippen LogP contribution in [-0.2, 0) is 15.7 Å². The van der Waals surface area contributed by atoms with E-state index in [4.69, 9.17) is 9.47 Å². The zero-order chi connectivity index (χ0) is 20.6. The molecule has 7 heteroatoms. The van der Waals surface area contributed by atoms with Crippen LogP contribution < -0.4 is 4.74 Å². The minimum atomic E-state index is -4.38. The maximum Gasteiger partial charge on any atom is 0.354 e. The summed E-state index contributed by atoms with van der Waals surface area (Å²) in [5, 5.41) is 9.41. The fraction of sp³-hybridized carbons (Fsp3) is 0.429. The zero-order valence-corrected chi connectivity index (χ0v) is 17.2. The van der Waals surface area contributed by atoms with E-state index < -0.39 is 25.6 Å². The van der Waals surface area contributed by atoms with Crippen molar-refractivity contribution in [1.29, 1.82) is 0 Å². The van der Waals surface area contributed by atoms with Gasteiger partial charge in [0.1, 0.15) is 11.5 Å². The number of benzene rings is 2. The van der Waals surface area contributed by atoms with Crippen LogP contribution in [0, 0.1) is 0 Å². The van der Waals surface area contributed by atoms with Gasteiger partial charge in [0.2, 0.25) is 0 Å². The van der Waals surface area contributed by atoms with Gasteiger partial charge in [-0.25, -0.2) is 0 Å². The predicted molar refractivity (Wildman–Crippen MR) is 109 cm³/mol. The van der Waals surface area contributed by atoms with Crippen LogP contribution >= 0.6 is 7.60 Å². The molecule has 3 atom stereocenters. The Labute approximate surface area is 166 Å². The third-order valence-corrected chi connectivity index (χ3v) is 5.36. The van der Waals surface area contributed by atoms with Gasteiger partial charge in [-0.3, -0.25) is 4.57 Å². The lowest BCUT2D eigenvalue weighted by molar-refractivity contribution is -0.00260. The molecule has 2 unspecified atom stereocenters. The standard InChI is InChI=1S/C21H29O6P/c1-16(22)14-17(2)26-21(28(23,24)25)13-7-9-18-8-6-12-20(15-18)27-19-10-4-3-5-11-19/h3-6,8,10-12,15-17,21-22H,7,9,13-14H2,1-2H3,(H2,23,24,25)/t16?,17?,21-/m1/s1. The summed E-state index contributed by atoms with van der Waals surface area (Å²) < 4.78 is 23.1. The van der Waals surface area contributed by atoms with Crippen molar-refractivity contribution >= 4 is 7.60 Å². The minimum absolute atomic E-state index is 0.234. The number of aryl methyl sites for hydroxylation is 1. The first-order chi connectivity index (χ1) is 13.2. The summed E-state index contributed by atoms with van der Waals surface area (Å²) in [6.07, 6.45) is 0.760. The molecule has 0 aromatic heterocycles. The molecule has 0 amide bonds. The quantitative estimate of drug-likeness (QED) is 0.475. The zero-order valence-electron chi connectivity index (χ0n) is 16.3. The van der Waals surface area contributed by atoms with Gasteiger partial charge in [-0.05, 0) is 69.4 Å². The van der Waals surface area contributed by atoms with Crippen LogP contribution in [-0.4, -0.2) is 32.9 Å². The first-order valence-corrected chi connectivity index (χ1v) is 11.1. The molecule has 0 spiro atoms. The van der Waals surface area contributed by atoms with E-state index in [-0.39, 0.29) is 6.42 Å². The Balaban J connectivity index is 1.91. The van der Waals surface area contributed by atoms with Crippen LogP contribution in [0.1, 0.15) is 38.7 Å². The van der Waals surface area contributed by atoms with E-state index in [0.717, 1.165) is 17.1 Å². The number of ether oxygens (including phenoxy) is 2. The van der Waals surface area contributed by atoms with Crippen LogP contribution in [0.5, 0.6) is 11.5 Å². The van der Waals surface area contributed by atoms with Gasteiger partial charge in [-0.2, -0.15) is 0 Å². The summed E-state index contributed by atoms with van der Waals surface area (Å²) in [5.74, 6) is 0.309. The second kappa shape index (κ2) is 10.7. The van der Waals surface area contributed by atoms with E-state index in [1.165, 1.54) is 0 Å². The Bertz CT molecular complexity index is 759. The number of hydrogen-bond acceptors (Lipinski definition) is 4. The third-order valence-electron chi connectivity index (χ3n) is 4.23.